The molecule has 0 spiro atoms. The summed E-state index contributed by atoms with van der Waals surface area (Å²) in [6, 6.07) is 3.30. The first-order valence-electron chi connectivity index (χ1n) is 4.73. The summed E-state index contributed by atoms with van der Waals surface area (Å²) in [5.74, 6) is -0.687. The highest BCUT2D eigenvalue weighted by Gasteiger charge is 2.11. The lowest BCUT2D eigenvalue weighted by molar-refractivity contribution is 0.584. The van der Waals surface area contributed by atoms with Crippen molar-refractivity contribution in [2.45, 2.75) is 6.92 Å². The Bertz CT molecular complexity index is 478. The van der Waals surface area contributed by atoms with Crippen molar-refractivity contribution in [3.63, 3.8) is 0 Å². The SMILES string of the molecule is CCNc1nsnc1-c1cc(F)cc(F)c1. The molecule has 6 heteroatoms. The Morgan fingerprint density at radius 1 is 1.19 bits per heavy atom. The second kappa shape index (κ2) is 4.52. The van der Waals surface area contributed by atoms with Crippen LogP contribution in [0.3, 0.4) is 0 Å². The zero-order valence-corrected chi connectivity index (χ0v) is 9.31. The number of benzene rings is 1. The van der Waals surface area contributed by atoms with Gasteiger partial charge < -0.3 is 5.32 Å². The van der Waals surface area contributed by atoms with Gasteiger partial charge in [-0.25, -0.2) is 8.78 Å². The van der Waals surface area contributed by atoms with Crippen LogP contribution in [0.2, 0.25) is 0 Å². The minimum absolute atomic E-state index is 0.391. The molecule has 1 heterocycles. The number of aromatic nitrogens is 2. The fourth-order valence-corrected chi connectivity index (χ4v) is 1.90. The van der Waals surface area contributed by atoms with Gasteiger partial charge in [0.25, 0.3) is 0 Å². The molecule has 0 amide bonds. The minimum atomic E-state index is -0.620. The van der Waals surface area contributed by atoms with Gasteiger partial charge in [0.15, 0.2) is 5.82 Å². The molecule has 2 rings (SSSR count). The predicted octanol–water partition coefficient (Wildman–Crippen LogP) is 2.92. The first-order chi connectivity index (χ1) is 7.70. The van der Waals surface area contributed by atoms with E-state index in [1.165, 1.54) is 12.1 Å². The number of halogens is 2. The molecule has 0 aliphatic carbocycles. The van der Waals surface area contributed by atoms with E-state index < -0.39 is 11.6 Å². The summed E-state index contributed by atoms with van der Waals surface area (Å²) in [5.41, 5.74) is 0.868. The van der Waals surface area contributed by atoms with Gasteiger partial charge >= 0.3 is 0 Å². The van der Waals surface area contributed by atoms with Gasteiger partial charge in [-0.05, 0) is 19.1 Å². The maximum Gasteiger partial charge on any atom is 0.168 e. The quantitative estimate of drug-likeness (QED) is 0.897. The van der Waals surface area contributed by atoms with E-state index in [1.54, 1.807) is 0 Å². The Morgan fingerprint density at radius 3 is 2.50 bits per heavy atom. The van der Waals surface area contributed by atoms with Crippen molar-refractivity contribution in [3.8, 4) is 11.3 Å². The molecule has 1 aromatic heterocycles. The maximum absolute atomic E-state index is 13.0. The first-order valence-corrected chi connectivity index (χ1v) is 5.46. The summed E-state index contributed by atoms with van der Waals surface area (Å²) in [5, 5.41) is 2.99. The minimum Gasteiger partial charge on any atom is -0.368 e. The van der Waals surface area contributed by atoms with E-state index >= 15 is 0 Å². The molecule has 16 heavy (non-hydrogen) atoms. The summed E-state index contributed by atoms with van der Waals surface area (Å²) < 4.78 is 34.1. The third-order valence-corrected chi connectivity index (χ3v) is 2.50. The van der Waals surface area contributed by atoms with E-state index in [9.17, 15) is 8.78 Å². The Kier molecular flexibility index (Phi) is 3.09. The molecule has 84 valence electrons. The topological polar surface area (TPSA) is 37.8 Å². The summed E-state index contributed by atoms with van der Waals surface area (Å²) in [6.45, 7) is 2.59. The number of hydrogen-bond acceptors (Lipinski definition) is 4. The second-order valence-electron chi connectivity index (χ2n) is 3.15. The molecular weight excluding hydrogens is 232 g/mol. The van der Waals surface area contributed by atoms with E-state index in [2.05, 4.69) is 14.1 Å². The van der Waals surface area contributed by atoms with Gasteiger partial charge in [0.1, 0.15) is 17.3 Å². The Balaban J connectivity index is 2.45. The van der Waals surface area contributed by atoms with E-state index in [4.69, 9.17) is 0 Å². The van der Waals surface area contributed by atoms with Crippen molar-refractivity contribution >= 4 is 17.5 Å². The van der Waals surface area contributed by atoms with Crippen LogP contribution >= 0.6 is 11.7 Å². The molecule has 0 aliphatic heterocycles. The molecule has 2 aromatic rings. The highest BCUT2D eigenvalue weighted by atomic mass is 32.1. The average molecular weight is 241 g/mol. The fraction of sp³-hybridized carbons (Fsp3) is 0.200. The van der Waals surface area contributed by atoms with Crippen molar-refractivity contribution in [3.05, 3.63) is 29.8 Å². The zero-order chi connectivity index (χ0) is 11.5. The van der Waals surface area contributed by atoms with Crippen LogP contribution < -0.4 is 5.32 Å². The normalized spacial score (nSPS) is 10.4. The molecule has 0 fully saturated rings. The van der Waals surface area contributed by atoms with E-state index in [1.807, 2.05) is 6.92 Å². The largest absolute Gasteiger partial charge is 0.368 e. The van der Waals surface area contributed by atoms with Crippen molar-refractivity contribution in [1.29, 1.82) is 0 Å². The third kappa shape index (κ3) is 2.16. The lowest BCUT2D eigenvalue weighted by Gasteiger charge is -2.02. The molecule has 1 aromatic carbocycles. The van der Waals surface area contributed by atoms with Gasteiger partial charge in [0.2, 0.25) is 0 Å². The number of hydrogen-bond donors (Lipinski definition) is 1. The standard InChI is InChI=1S/C10H9F2N3S/c1-2-13-10-9(14-16-15-10)6-3-7(11)5-8(12)4-6/h3-5H,2H2,1H3,(H,13,15). The van der Waals surface area contributed by atoms with Crippen LogP contribution in [0.5, 0.6) is 0 Å². The van der Waals surface area contributed by atoms with Crippen molar-refractivity contribution in [2.24, 2.45) is 0 Å². The molecule has 0 saturated carbocycles. The van der Waals surface area contributed by atoms with Gasteiger partial charge in [-0.2, -0.15) is 8.75 Å². The first kappa shape index (κ1) is 10.9. The number of anilines is 1. The summed E-state index contributed by atoms with van der Waals surface area (Å²) in [6.07, 6.45) is 0. The van der Waals surface area contributed by atoms with Crippen LogP contribution in [0.25, 0.3) is 11.3 Å². The van der Waals surface area contributed by atoms with Crippen LogP contribution in [0.4, 0.5) is 14.6 Å². The van der Waals surface area contributed by atoms with Gasteiger partial charge in [-0.15, -0.1) is 0 Å². The fourth-order valence-electron chi connectivity index (χ4n) is 1.35. The van der Waals surface area contributed by atoms with E-state index in [-0.39, 0.29) is 0 Å². The lowest BCUT2D eigenvalue weighted by Crippen LogP contribution is -1.98. The molecule has 0 bridgehead atoms. The summed E-state index contributed by atoms with van der Waals surface area (Å²) in [4.78, 5) is 0. The Hall–Kier alpha value is -1.56. The Labute approximate surface area is 95.5 Å². The van der Waals surface area contributed by atoms with Gasteiger partial charge in [0, 0.05) is 18.2 Å². The third-order valence-electron chi connectivity index (χ3n) is 1.97. The molecule has 0 radical (unpaired) electrons. The number of nitrogens with one attached hydrogen (secondary N) is 1. The van der Waals surface area contributed by atoms with Gasteiger partial charge in [-0.1, -0.05) is 0 Å². The number of rotatable bonds is 3. The molecule has 3 nitrogen and oxygen atoms in total. The maximum atomic E-state index is 13.0. The van der Waals surface area contributed by atoms with Crippen LogP contribution in [-0.2, 0) is 0 Å². The summed E-state index contributed by atoms with van der Waals surface area (Å²) >= 11 is 1.01. The van der Waals surface area contributed by atoms with Gasteiger partial charge in [0.05, 0.1) is 11.7 Å². The van der Waals surface area contributed by atoms with Crippen LogP contribution in [0.15, 0.2) is 18.2 Å². The number of nitrogens with zero attached hydrogens (tertiary/aromatic N) is 2. The van der Waals surface area contributed by atoms with E-state index in [0.717, 1.165) is 17.8 Å². The molecule has 0 saturated heterocycles. The van der Waals surface area contributed by atoms with Crippen molar-refractivity contribution < 1.29 is 8.78 Å². The van der Waals surface area contributed by atoms with Crippen LogP contribution in [-0.4, -0.2) is 15.3 Å². The molecular formula is C10H9F2N3S. The lowest BCUT2D eigenvalue weighted by atomic mass is 10.1. The Morgan fingerprint density at radius 2 is 1.88 bits per heavy atom. The molecule has 0 unspecified atom stereocenters. The van der Waals surface area contributed by atoms with Crippen LogP contribution in [0.1, 0.15) is 6.92 Å². The smallest absolute Gasteiger partial charge is 0.168 e. The van der Waals surface area contributed by atoms with Crippen molar-refractivity contribution in [1.82, 2.24) is 8.75 Å². The average Bonchev–Trinajstić information content (AvgIpc) is 2.65. The highest BCUT2D eigenvalue weighted by molar-refractivity contribution is 6.99. The molecule has 1 N–H and O–H groups in total. The predicted molar refractivity (Wildman–Crippen MR) is 59.4 cm³/mol. The molecule has 0 atom stereocenters. The highest BCUT2D eigenvalue weighted by Crippen LogP contribution is 2.26. The van der Waals surface area contributed by atoms with Crippen molar-refractivity contribution in [2.75, 3.05) is 11.9 Å². The molecule has 0 aliphatic rings. The summed E-state index contributed by atoms with van der Waals surface area (Å²) in [7, 11) is 0. The van der Waals surface area contributed by atoms with Crippen LogP contribution in [0, 0.1) is 11.6 Å². The van der Waals surface area contributed by atoms with E-state index in [0.29, 0.717) is 23.6 Å². The zero-order valence-electron chi connectivity index (χ0n) is 8.50. The second-order valence-corrected chi connectivity index (χ2v) is 3.68. The van der Waals surface area contributed by atoms with Gasteiger partial charge in [-0.3, -0.25) is 0 Å². The monoisotopic (exact) mass is 241 g/mol.